The molecule has 2 aromatic rings. The molecule has 1 unspecified atom stereocenters. The molecule has 5 heteroatoms. The van der Waals surface area contributed by atoms with Crippen LogP contribution in [0.5, 0.6) is 0 Å². The van der Waals surface area contributed by atoms with Crippen molar-refractivity contribution in [2.75, 3.05) is 7.11 Å². The van der Waals surface area contributed by atoms with E-state index >= 15 is 0 Å². The Morgan fingerprint density at radius 1 is 1.31 bits per heavy atom. The number of hydrogen-bond acceptors (Lipinski definition) is 4. The number of carbonyl (C=O) groups excluding carboxylic acids is 1. The van der Waals surface area contributed by atoms with Gasteiger partial charge in [0.05, 0.1) is 7.11 Å². The van der Waals surface area contributed by atoms with Crippen molar-refractivity contribution in [2.24, 2.45) is 0 Å². The summed E-state index contributed by atoms with van der Waals surface area (Å²) in [5, 5.41) is 2.06. The molecule has 16 heavy (non-hydrogen) atoms. The predicted molar refractivity (Wildman–Crippen MR) is 73.9 cm³/mol. The molecule has 0 amide bonds. The Morgan fingerprint density at radius 2 is 2.12 bits per heavy atom. The number of carbonyl (C=O) groups is 1. The Labute approximate surface area is 106 Å². The number of thiophene rings is 2. The third-order valence-corrected chi connectivity index (χ3v) is 3.92. The van der Waals surface area contributed by atoms with Crippen LogP contribution in [0.25, 0.3) is 0 Å². The van der Waals surface area contributed by atoms with Crippen LogP contribution in [-0.2, 0) is 11.2 Å². The molecule has 0 radical (unpaired) electrons. The molecule has 0 bridgehead atoms. The quantitative estimate of drug-likeness (QED) is 0.633. The lowest BCUT2D eigenvalue weighted by atomic mass is 10.3. The molecule has 0 spiro atoms. The van der Waals surface area contributed by atoms with Crippen LogP contribution in [0.2, 0.25) is 0 Å². The van der Waals surface area contributed by atoms with Crippen molar-refractivity contribution in [3.8, 4) is 0 Å². The van der Waals surface area contributed by atoms with E-state index in [0.29, 0.717) is 4.88 Å². The van der Waals surface area contributed by atoms with E-state index in [9.17, 15) is 4.79 Å². The largest absolute Gasteiger partial charge is 0.465 e. The van der Waals surface area contributed by atoms with Gasteiger partial charge in [0.1, 0.15) is 4.88 Å². The normalized spacial score (nSPS) is 9.56. The van der Waals surface area contributed by atoms with Gasteiger partial charge >= 0.3 is 5.97 Å². The van der Waals surface area contributed by atoms with Gasteiger partial charge in [-0.25, -0.2) is 4.79 Å². The summed E-state index contributed by atoms with van der Waals surface area (Å²) in [6, 6.07) is 7.94. The molecule has 2 nitrogen and oxygen atoms in total. The van der Waals surface area contributed by atoms with Crippen LogP contribution in [0.4, 0.5) is 0 Å². The van der Waals surface area contributed by atoms with Crippen LogP contribution in [0.3, 0.4) is 0 Å². The monoisotopic (exact) mass is 272 g/mol. The summed E-state index contributed by atoms with van der Waals surface area (Å²) in [4.78, 5) is 14.4. The summed E-state index contributed by atoms with van der Waals surface area (Å²) in [5.41, 5.74) is 0. The summed E-state index contributed by atoms with van der Waals surface area (Å²) in [6.45, 7) is 0. The number of hydrogen-bond donors (Lipinski definition) is 0. The van der Waals surface area contributed by atoms with E-state index in [-0.39, 0.29) is 15.9 Å². The van der Waals surface area contributed by atoms with Crippen molar-refractivity contribution >= 4 is 38.5 Å². The maximum absolute atomic E-state index is 11.2. The molecule has 2 aromatic heterocycles. The standard InChI is InChI=1S/C11H10O2S2.H3P/c1-13-11(12)10-5-4-9(15-10)7-8-3-2-6-14-8;/h2-6H,7H2,1H3;1H3. The zero-order valence-corrected chi connectivity index (χ0v) is 12.0. The molecule has 0 aliphatic carbocycles. The molecule has 0 aromatic carbocycles. The highest BCUT2D eigenvalue weighted by Gasteiger charge is 2.09. The Bertz CT molecular complexity index is 448. The molecule has 0 aliphatic rings. The van der Waals surface area contributed by atoms with Crippen LogP contribution >= 0.6 is 32.6 Å². The van der Waals surface area contributed by atoms with Crippen molar-refractivity contribution in [2.45, 2.75) is 6.42 Å². The maximum Gasteiger partial charge on any atom is 0.348 e. The molecule has 2 heterocycles. The van der Waals surface area contributed by atoms with E-state index in [2.05, 4.69) is 16.2 Å². The molecule has 0 N–H and O–H groups in total. The molecular weight excluding hydrogens is 259 g/mol. The van der Waals surface area contributed by atoms with Gasteiger partial charge in [0.15, 0.2) is 0 Å². The fourth-order valence-electron chi connectivity index (χ4n) is 1.27. The fourth-order valence-corrected chi connectivity index (χ4v) is 3.04. The van der Waals surface area contributed by atoms with Crippen LogP contribution in [-0.4, -0.2) is 13.1 Å². The van der Waals surface area contributed by atoms with E-state index in [1.807, 2.05) is 18.2 Å². The van der Waals surface area contributed by atoms with Crippen molar-refractivity contribution < 1.29 is 9.53 Å². The zero-order valence-electron chi connectivity index (χ0n) is 8.93. The third kappa shape index (κ3) is 3.14. The van der Waals surface area contributed by atoms with Crippen LogP contribution in [0.1, 0.15) is 19.4 Å². The second kappa shape index (κ2) is 6.14. The fraction of sp³-hybridized carbons (Fsp3) is 0.182. The van der Waals surface area contributed by atoms with E-state index < -0.39 is 0 Å². The molecule has 1 atom stereocenters. The lowest BCUT2D eigenvalue weighted by Crippen LogP contribution is -1.96. The van der Waals surface area contributed by atoms with E-state index in [0.717, 1.165) is 6.42 Å². The predicted octanol–water partition coefficient (Wildman–Crippen LogP) is 3.25. The molecular formula is C11H13O2PS2. The second-order valence-corrected chi connectivity index (χ2v) is 5.21. The maximum atomic E-state index is 11.2. The summed E-state index contributed by atoms with van der Waals surface area (Å²) < 4.78 is 4.66. The summed E-state index contributed by atoms with van der Waals surface area (Å²) >= 11 is 3.23. The molecule has 0 saturated heterocycles. The van der Waals surface area contributed by atoms with Crippen molar-refractivity contribution in [1.82, 2.24) is 0 Å². The van der Waals surface area contributed by atoms with Gasteiger partial charge in [0.2, 0.25) is 0 Å². The van der Waals surface area contributed by atoms with Gasteiger partial charge in [0, 0.05) is 16.2 Å². The smallest absolute Gasteiger partial charge is 0.348 e. The minimum atomic E-state index is -0.252. The van der Waals surface area contributed by atoms with E-state index in [1.54, 1.807) is 11.3 Å². The first kappa shape index (κ1) is 13.4. The van der Waals surface area contributed by atoms with Crippen LogP contribution in [0.15, 0.2) is 29.6 Å². The molecule has 0 fully saturated rings. The Hall–Kier alpha value is -0.700. The van der Waals surface area contributed by atoms with Crippen LogP contribution in [0, 0.1) is 0 Å². The topological polar surface area (TPSA) is 26.3 Å². The van der Waals surface area contributed by atoms with Crippen LogP contribution < -0.4 is 0 Å². The lowest BCUT2D eigenvalue weighted by molar-refractivity contribution is 0.0606. The molecule has 0 aliphatic heterocycles. The lowest BCUT2D eigenvalue weighted by Gasteiger charge is -1.93. The summed E-state index contributed by atoms with van der Waals surface area (Å²) in [6.07, 6.45) is 0.902. The van der Waals surface area contributed by atoms with Crippen molar-refractivity contribution in [3.05, 3.63) is 44.3 Å². The minimum absolute atomic E-state index is 0. The average Bonchev–Trinajstić information content (AvgIpc) is 2.88. The highest BCUT2D eigenvalue weighted by molar-refractivity contribution is 7.14. The van der Waals surface area contributed by atoms with Gasteiger partial charge in [0.25, 0.3) is 0 Å². The Morgan fingerprint density at radius 3 is 2.75 bits per heavy atom. The van der Waals surface area contributed by atoms with Gasteiger partial charge in [-0.1, -0.05) is 6.07 Å². The third-order valence-electron chi connectivity index (χ3n) is 1.98. The first-order valence-electron chi connectivity index (χ1n) is 4.49. The first-order chi connectivity index (χ1) is 7.29. The first-order valence-corrected chi connectivity index (χ1v) is 6.18. The molecule has 2 rings (SSSR count). The van der Waals surface area contributed by atoms with Gasteiger partial charge in [-0.2, -0.15) is 9.90 Å². The van der Waals surface area contributed by atoms with Crippen molar-refractivity contribution in [3.63, 3.8) is 0 Å². The minimum Gasteiger partial charge on any atom is -0.465 e. The Balaban J connectivity index is 0.00000128. The van der Waals surface area contributed by atoms with Gasteiger partial charge < -0.3 is 4.74 Å². The zero-order chi connectivity index (χ0) is 10.7. The van der Waals surface area contributed by atoms with Gasteiger partial charge in [-0.05, 0) is 23.6 Å². The second-order valence-electron chi connectivity index (χ2n) is 3.01. The summed E-state index contributed by atoms with van der Waals surface area (Å²) in [5.74, 6) is -0.252. The highest BCUT2D eigenvalue weighted by Crippen LogP contribution is 2.22. The Kier molecular flexibility index (Phi) is 5.13. The SMILES string of the molecule is COC(=O)c1ccc(Cc2cccs2)s1.P. The van der Waals surface area contributed by atoms with Crippen molar-refractivity contribution in [1.29, 1.82) is 0 Å². The molecule has 86 valence electrons. The highest BCUT2D eigenvalue weighted by atomic mass is 32.1. The number of ether oxygens (including phenoxy) is 1. The number of esters is 1. The van der Waals surface area contributed by atoms with Gasteiger partial charge in [-0.15, -0.1) is 22.7 Å². The molecule has 0 saturated carbocycles. The number of rotatable bonds is 3. The van der Waals surface area contributed by atoms with E-state index in [1.165, 1.54) is 28.2 Å². The summed E-state index contributed by atoms with van der Waals surface area (Å²) in [7, 11) is 1.40. The van der Waals surface area contributed by atoms with E-state index in [4.69, 9.17) is 0 Å². The average molecular weight is 272 g/mol. The number of methoxy groups -OCH3 is 1. The van der Waals surface area contributed by atoms with Gasteiger partial charge in [-0.3, -0.25) is 0 Å².